The zero-order chi connectivity index (χ0) is 28.7. The van der Waals surface area contributed by atoms with Crippen molar-refractivity contribution in [3.8, 4) is 0 Å². The van der Waals surface area contributed by atoms with Gasteiger partial charge in [0.05, 0.1) is 0 Å². The summed E-state index contributed by atoms with van der Waals surface area (Å²) in [5, 5.41) is 7.41. The maximum atomic E-state index is 15.0. The molecule has 44 heavy (non-hydrogen) atoms. The average Bonchev–Trinajstić information content (AvgIpc) is 3.08. The van der Waals surface area contributed by atoms with Gasteiger partial charge in [-0.1, -0.05) is 109 Å². The van der Waals surface area contributed by atoms with Gasteiger partial charge in [-0.3, -0.25) is 4.79 Å². The van der Waals surface area contributed by atoms with Crippen molar-refractivity contribution >= 4 is 52.1 Å². The number of carbonyl (C=O) groups is 1. The number of hydrogen-bond donors (Lipinski definition) is 0. The van der Waals surface area contributed by atoms with Crippen molar-refractivity contribution in [2.45, 2.75) is 0 Å². The molecule has 6 aromatic rings. The molecule has 6 rings (SSSR count). The van der Waals surface area contributed by atoms with E-state index in [2.05, 4.69) is 182 Å². The summed E-state index contributed by atoms with van der Waals surface area (Å²) in [6.07, 6.45) is 0.943. The number of benzene rings is 6. The highest BCUT2D eigenvalue weighted by atomic mass is 35.5. The lowest BCUT2D eigenvalue weighted by Gasteiger charge is -2.30. The Labute approximate surface area is 274 Å². The summed E-state index contributed by atoms with van der Waals surface area (Å²) in [5.41, 5.74) is 0. The van der Waals surface area contributed by atoms with Crippen LogP contribution in [-0.4, -0.2) is 18.1 Å². The van der Waals surface area contributed by atoms with Crippen LogP contribution in [0.15, 0.2) is 182 Å². The lowest BCUT2D eigenvalue weighted by Crippen LogP contribution is -3.00. The summed E-state index contributed by atoms with van der Waals surface area (Å²) in [7, 11) is -4.60. The fourth-order valence-electron chi connectivity index (χ4n) is 6.12. The van der Waals surface area contributed by atoms with Crippen molar-refractivity contribution in [1.82, 2.24) is 0 Å². The van der Waals surface area contributed by atoms with E-state index in [9.17, 15) is 4.79 Å². The van der Waals surface area contributed by atoms with E-state index in [-0.39, 0.29) is 24.8 Å². The molecule has 0 saturated heterocycles. The molecule has 0 atom stereocenters. The molecule has 0 bridgehead atoms. The second kappa shape index (κ2) is 15.4. The Kier molecular flexibility index (Phi) is 11.7. The lowest BCUT2D eigenvalue weighted by molar-refractivity contribution is -0.114. The summed E-state index contributed by atoms with van der Waals surface area (Å²) in [4.78, 5) is 15.0. The van der Waals surface area contributed by atoms with E-state index in [1.165, 1.54) is 31.8 Å². The van der Waals surface area contributed by atoms with E-state index in [1.54, 1.807) is 0 Å². The Balaban J connectivity index is 0.00000221. The molecular formula is C39H34Cl2OP2. The molecule has 1 nitrogen and oxygen atoms in total. The Morgan fingerprint density at radius 3 is 0.636 bits per heavy atom. The van der Waals surface area contributed by atoms with Crippen LogP contribution >= 0.6 is 14.5 Å². The summed E-state index contributed by atoms with van der Waals surface area (Å²) in [6, 6.07) is 64.3. The molecule has 220 valence electrons. The topological polar surface area (TPSA) is 17.1 Å². The third-order valence-electron chi connectivity index (χ3n) is 8.01. The zero-order valence-electron chi connectivity index (χ0n) is 24.3. The monoisotopic (exact) mass is 650 g/mol. The first kappa shape index (κ1) is 33.3. The average molecular weight is 652 g/mol. The molecule has 0 unspecified atom stereocenters. The summed E-state index contributed by atoms with van der Waals surface area (Å²) < 4.78 is 0. The third kappa shape index (κ3) is 6.58. The standard InChI is InChI=1S/C39H34OP2.2ClH/c40-33(31-41(34-19-7-1-8-20-34,35-21-9-2-10-22-35)36-23-11-3-12-24-36)32-42(37-25-13-4-14-26-37,38-27-15-5-16-28-38)39-29-17-6-18-30-39;;/h1-30H,31-32H2;2*1H/q+2;;/p-2. The Morgan fingerprint density at radius 1 is 0.318 bits per heavy atom. The van der Waals surface area contributed by atoms with Crippen molar-refractivity contribution in [3.63, 3.8) is 0 Å². The van der Waals surface area contributed by atoms with E-state index >= 15 is 0 Å². The van der Waals surface area contributed by atoms with Crippen LogP contribution in [0, 0.1) is 0 Å². The summed E-state index contributed by atoms with van der Waals surface area (Å²) >= 11 is 0. The molecule has 0 amide bonds. The largest absolute Gasteiger partial charge is 1.00 e. The van der Waals surface area contributed by atoms with Crippen molar-refractivity contribution in [2.24, 2.45) is 0 Å². The van der Waals surface area contributed by atoms with Crippen LogP contribution < -0.4 is 56.6 Å². The molecule has 0 saturated carbocycles. The van der Waals surface area contributed by atoms with Crippen LogP contribution in [0.3, 0.4) is 0 Å². The fraction of sp³-hybridized carbons (Fsp3) is 0.0513. The molecule has 0 aliphatic heterocycles. The number of ketones is 1. The van der Waals surface area contributed by atoms with Gasteiger partial charge in [0.25, 0.3) is 0 Å². The van der Waals surface area contributed by atoms with E-state index in [1.807, 2.05) is 0 Å². The van der Waals surface area contributed by atoms with Crippen LogP contribution in [0.2, 0.25) is 0 Å². The Bertz CT molecular complexity index is 1390. The first-order valence-electron chi connectivity index (χ1n) is 14.3. The van der Waals surface area contributed by atoms with Crippen molar-refractivity contribution in [3.05, 3.63) is 182 Å². The van der Waals surface area contributed by atoms with Crippen molar-refractivity contribution < 1.29 is 29.6 Å². The second-order valence-electron chi connectivity index (χ2n) is 10.5. The highest BCUT2D eigenvalue weighted by molar-refractivity contribution is 7.97. The minimum absolute atomic E-state index is 0. The van der Waals surface area contributed by atoms with E-state index in [0.717, 1.165) is 0 Å². The Morgan fingerprint density at radius 2 is 0.477 bits per heavy atom. The number of Topliss-reactive ketones (excluding diaryl/α,β-unsaturated/α-hetero) is 1. The lowest BCUT2D eigenvalue weighted by atomic mass is 10.3. The van der Waals surface area contributed by atoms with Gasteiger partial charge in [-0.05, 0) is 72.8 Å². The molecule has 0 spiro atoms. The van der Waals surface area contributed by atoms with Gasteiger partial charge in [-0.25, -0.2) is 0 Å². The molecule has 0 aromatic heterocycles. The van der Waals surface area contributed by atoms with Gasteiger partial charge in [-0.2, -0.15) is 0 Å². The highest BCUT2D eigenvalue weighted by Gasteiger charge is 2.52. The van der Waals surface area contributed by atoms with E-state index in [0.29, 0.717) is 18.1 Å². The van der Waals surface area contributed by atoms with Crippen molar-refractivity contribution in [2.75, 3.05) is 12.3 Å². The van der Waals surface area contributed by atoms with Gasteiger partial charge < -0.3 is 24.8 Å². The first-order chi connectivity index (χ1) is 20.7. The molecule has 0 fully saturated rings. The van der Waals surface area contributed by atoms with Gasteiger partial charge in [0, 0.05) is 0 Å². The zero-order valence-corrected chi connectivity index (χ0v) is 27.6. The number of rotatable bonds is 10. The quantitative estimate of drug-likeness (QED) is 0.198. The van der Waals surface area contributed by atoms with Gasteiger partial charge in [-0.15, -0.1) is 0 Å². The van der Waals surface area contributed by atoms with Crippen LogP contribution in [0.25, 0.3) is 0 Å². The maximum absolute atomic E-state index is 15.0. The van der Waals surface area contributed by atoms with Crippen LogP contribution in [0.4, 0.5) is 0 Å². The minimum atomic E-state index is -2.30. The number of carbonyl (C=O) groups excluding carboxylic acids is 1. The predicted octanol–water partition coefficient (Wildman–Crippen LogP) is 0.552. The van der Waals surface area contributed by atoms with E-state index < -0.39 is 14.5 Å². The first-order valence-corrected chi connectivity index (χ1v) is 18.3. The third-order valence-corrected chi connectivity index (χ3v) is 16.7. The van der Waals surface area contributed by atoms with Crippen LogP contribution in [0.5, 0.6) is 0 Å². The number of hydrogen-bond acceptors (Lipinski definition) is 1. The molecule has 6 aromatic carbocycles. The van der Waals surface area contributed by atoms with Gasteiger partial charge >= 0.3 is 0 Å². The maximum Gasteiger partial charge on any atom is 0.209 e. The predicted molar refractivity (Wildman–Crippen MR) is 185 cm³/mol. The molecule has 0 aliphatic rings. The highest BCUT2D eigenvalue weighted by Crippen LogP contribution is 2.59. The molecule has 0 radical (unpaired) electrons. The Hall–Kier alpha value is -3.57. The molecular weight excluding hydrogens is 617 g/mol. The molecule has 0 heterocycles. The fourth-order valence-corrected chi connectivity index (χ4v) is 14.5. The summed E-state index contributed by atoms with van der Waals surface area (Å²) in [6.45, 7) is 0. The van der Waals surface area contributed by atoms with Crippen LogP contribution in [0.1, 0.15) is 0 Å². The van der Waals surface area contributed by atoms with Crippen LogP contribution in [-0.2, 0) is 4.79 Å². The van der Waals surface area contributed by atoms with Gasteiger partial charge in [0.2, 0.25) is 5.78 Å². The van der Waals surface area contributed by atoms with E-state index in [4.69, 9.17) is 0 Å². The van der Waals surface area contributed by atoms with Gasteiger partial charge in [0.1, 0.15) is 58.7 Å². The van der Waals surface area contributed by atoms with Gasteiger partial charge in [0.15, 0.2) is 0 Å². The second-order valence-corrected chi connectivity index (χ2v) is 17.5. The summed E-state index contributed by atoms with van der Waals surface area (Å²) in [5.74, 6) is 0.296. The van der Waals surface area contributed by atoms with Crippen molar-refractivity contribution in [1.29, 1.82) is 0 Å². The molecule has 0 aliphatic carbocycles. The normalized spacial score (nSPS) is 11.1. The minimum Gasteiger partial charge on any atom is -1.00 e. The smallest absolute Gasteiger partial charge is 0.209 e. The molecule has 0 N–H and O–H groups in total. The SMILES string of the molecule is O=C(C[P+](c1ccccc1)(c1ccccc1)c1ccccc1)C[P+](c1ccccc1)(c1ccccc1)c1ccccc1.[Cl-].[Cl-]. The molecule has 5 heteroatoms. The number of halogens is 2.